The maximum Gasteiger partial charge on any atom is 0.337 e. The lowest BCUT2D eigenvalue weighted by atomic mass is 10.2. The van der Waals surface area contributed by atoms with E-state index in [1.807, 2.05) is 0 Å². The van der Waals surface area contributed by atoms with Gasteiger partial charge in [0.2, 0.25) is 0 Å². The Hall–Kier alpha value is -2.18. The first-order valence-electron chi connectivity index (χ1n) is 5.72. The van der Waals surface area contributed by atoms with E-state index in [1.165, 1.54) is 18.2 Å². The number of nitrogen functional groups attached to an aromatic ring is 1. The van der Waals surface area contributed by atoms with Gasteiger partial charge in [0.25, 0.3) is 0 Å². The van der Waals surface area contributed by atoms with Crippen molar-refractivity contribution < 1.29 is 19.8 Å². The minimum absolute atomic E-state index is 0.0482. The summed E-state index contributed by atoms with van der Waals surface area (Å²) in [5, 5.41) is 18.1. The van der Waals surface area contributed by atoms with Gasteiger partial charge in [-0.3, -0.25) is 0 Å². The van der Waals surface area contributed by atoms with Crippen molar-refractivity contribution in [1.29, 1.82) is 0 Å². The molecule has 21 heavy (non-hydrogen) atoms. The smallest absolute Gasteiger partial charge is 0.337 e. The SMILES string of the molecule is Nc1cc(C(=O)O)c(Cl)cc1Sc1ccccc1C(=O)O. The minimum atomic E-state index is -1.17. The number of rotatable bonds is 4. The van der Waals surface area contributed by atoms with Gasteiger partial charge in [-0.2, -0.15) is 0 Å². The molecule has 7 heteroatoms. The number of carboxylic acid groups (broad SMARTS) is 2. The van der Waals surface area contributed by atoms with Crippen LogP contribution in [-0.2, 0) is 0 Å². The third-order valence-corrected chi connectivity index (χ3v) is 4.13. The summed E-state index contributed by atoms with van der Waals surface area (Å²) in [6.07, 6.45) is 0. The van der Waals surface area contributed by atoms with Crippen LogP contribution in [0.2, 0.25) is 5.02 Å². The van der Waals surface area contributed by atoms with Gasteiger partial charge < -0.3 is 15.9 Å². The molecule has 0 aliphatic carbocycles. The topological polar surface area (TPSA) is 101 Å². The Balaban J connectivity index is 2.44. The highest BCUT2D eigenvalue weighted by atomic mass is 35.5. The Labute approximate surface area is 129 Å². The molecule has 0 spiro atoms. The first kappa shape index (κ1) is 15.2. The molecule has 0 amide bonds. The van der Waals surface area contributed by atoms with Gasteiger partial charge in [-0.25, -0.2) is 9.59 Å². The van der Waals surface area contributed by atoms with E-state index in [0.717, 1.165) is 11.8 Å². The Morgan fingerprint density at radius 1 is 1.00 bits per heavy atom. The molecular formula is C14H10ClNO4S. The molecule has 2 aromatic rings. The molecule has 0 heterocycles. The van der Waals surface area contributed by atoms with Crippen molar-refractivity contribution in [3.05, 3.63) is 52.5 Å². The average molecular weight is 324 g/mol. The van der Waals surface area contributed by atoms with E-state index in [9.17, 15) is 9.59 Å². The van der Waals surface area contributed by atoms with Crippen LogP contribution in [0.4, 0.5) is 5.69 Å². The second-order valence-corrected chi connectivity index (χ2v) is 5.57. The van der Waals surface area contributed by atoms with Gasteiger partial charge in [-0.15, -0.1) is 0 Å². The Morgan fingerprint density at radius 2 is 1.62 bits per heavy atom. The molecular weight excluding hydrogens is 314 g/mol. The molecule has 0 aliphatic rings. The van der Waals surface area contributed by atoms with E-state index in [2.05, 4.69) is 0 Å². The molecule has 0 atom stereocenters. The van der Waals surface area contributed by atoms with E-state index < -0.39 is 11.9 Å². The first-order valence-corrected chi connectivity index (χ1v) is 6.92. The molecule has 108 valence electrons. The number of carbonyl (C=O) groups is 2. The molecule has 5 nitrogen and oxygen atoms in total. The lowest BCUT2D eigenvalue weighted by Gasteiger charge is -2.10. The molecule has 2 rings (SSSR count). The number of nitrogens with two attached hydrogens (primary N) is 1. The van der Waals surface area contributed by atoms with Gasteiger partial charge >= 0.3 is 11.9 Å². The molecule has 0 saturated carbocycles. The second kappa shape index (κ2) is 6.07. The van der Waals surface area contributed by atoms with Crippen LogP contribution in [0.15, 0.2) is 46.2 Å². The van der Waals surface area contributed by atoms with Crippen LogP contribution in [0.25, 0.3) is 0 Å². The Kier molecular flexibility index (Phi) is 4.40. The molecule has 0 bridgehead atoms. The fourth-order valence-corrected chi connectivity index (χ4v) is 2.99. The third kappa shape index (κ3) is 3.29. The number of benzene rings is 2. The van der Waals surface area contributed by atoms with Gasteiger partial charge in [0.05, 0.1) is 16.1 Å². The van der Waals surface area contributed by atoms with Crippen LogP contribution in [-0.4, -0.2) is 22.2 Å². The average Bonchev–Trinajstić information content (AvgIpc) is 2.42. The van der Waals surface area contributed by atoms with Crippen LogP contribution >= 0.6 is 23.4 Å². The molecule has 2 aromatic carbocycles. The second-order valence-electron chi connectivity index (χ2n) is 4.08. The first-order chi connectivity index (χ1) is 9.90. The quantitative estimate of drug-likeness (QED) is 0.745. The number of halogens is 1. The van der Waals surface area contributed by atoms with Crippen molar-refractivity contribution in [1.82, 2.24) is 0 Å². The predicted molar refractivity (Wildman–Crippen MR) is 80.3 cm³/mol. The fraction of sp³-hybridized carbons (Fsp3) is 0. The van der Waals surface area contributed by atoms with Crippen LogP contribution in [0, 0.1) is 0 Å². The Bertz CT molecular complexity index is 733. The standard InChI is InChI=1S/C14H10ClNO4S/c15-9-6-12(10(16)5-8(9)14(19)20)21-11-4-2-1-3-7(11)13(17)18/h1-6H,16H2,(H,17,18)(H,19,20). The number of hydrogen-bond acceptors (Lipinski definition) is 4. The summed E-state index contributed by atoms with van der Waals surface area (Å²) >= 11 is 7.02. The highest BCUT2D eigenvalue weighted by Crippen LogP contribution is 2.37. The largest absolute Gasteiger partial charge is 0.478 e. The van der Waals surface area contributed by atoms with Crippen molar-refractivity contribution in [3.8, 4) is 0 Å². The van der Waals surface area contributed by atoms with Gasteiger partial charge in [0.15, 0.2) is 0 Å². The summed E-state index contributed by atoms with van der Waals surface area (Å²) in [6.45, 7) is 0. The summed E-state index contributed by atoms with van der Waals surface area (Å²) in [5.41, 5.74) is 6.08. The van der Waals surface area contributed by atoms with Crippen molar-refractivity contribution in [3.63, 3.8) is 0 Å². The number of anilines is 1. The Morgan fingerprint density at radius 3 is 2.24 bits per heavy atom. The van der Waals surface area contributed by atoms with Crippen molar-refractivity contribution in [2.75, 3.05) is 5.73 Å². The van der Waals surface area contributed by atoms with E-state index >= 15 is 0 Å². The monoisotopic (exact) mass is 323 g/mol. The van der Waals surface area contributed by atoms with E-state index in [4.69, 9.17) is 27.5 Å². The van der Waals surface area contributed by atoms with E-state index in [1.54, 1.807) is 18.2 Å². The summed E-state index contributed by atoms with van der Waals surface area (Å²) in [6, 6.07) is 9.14. The summed E-state index contributed by atoms with van der Waals surface area (Å²) in [5.74, 6) is -2.22. The zero-order valence-corrected chi connectivity index (χ0v) is 12.1. The van der Waals surface area contributed by atoms with Crippen molar-refractivity contribution >= 4 is 41.0 Å². The van der Waals surface area contributed by atoms with E-state index in [0.29, 0.717) is 9.79 Å². The third-order valence-electron chi connectivity index (χ3n) is 2.67. The molecule has 0 unspecified atom stereocenters. The zero-order chi connectivity index (χ0) is 15.6. The van der Waals surface area contributed by atoms with Gasteiger partial charge in [0, 0.05) is 15.5 Å². The molecule has 0 aromatic heterocycles. The van der Waals surface area contributed by atoms with Crippen LogP contribution in [0.3, 0.4) is 0 Å². The van der Waals surface area contributed by atoms with Crippen LogP contribution in [0.5, 0.6) is 0 Å². The highest BCUT2D eigenvalue weighted by Gasteiger charge is 2.15. The predicted octanol–water partition coefficient (Wildman–Crippen LogP) is 3.47. The normalized spacial score (nSPS) is 10.3. The number of hydrogen-bond donors (Lipinski definition) is 3. The number of carboxylic acids is 2. The van der Waals surface area contributed by atoms with E-state index in [-0.39, 0.29) is 21.8 Å². The summed E-state index contributed by atoms with van der Waals surface area (Å²) in [4.78, 5) is 23.1. The maximum atomic E-state index is 11.2. The maximum absolute atomic E-state index is 11.2. The molecule has 4 N–H and O–H groups in total. The minimum Gasteiger partial charge on any atom is -0.478 e. The number of aromatic carboxylic acids is 2. The summed E-state index contributed by atoms with van der Waals surface area (Å²) in [7, 11) is 0. The molecule has 0 saturated heterocycles. The lowest BCUT2D eigenvalue weighted by Crippen LogP contribution is -2.01. The van der Waals surface area contributed by atoms with Gasteiger partial charge in [-0.1, -0.05) is 35.5 Å². The van der Waals surface area contributed by atoms with Crippen LogP contribution in [0.1, 0.15) is 20.7 Å². The molecule has 0 aliphatic heterocycles. The molecule has 0 radical (unpaired) electrons. The highest BCUT2D eigenvalue weighted by molar-refractivity contribution is 7.99. The van der Waals surface area contributed by atoms with Gasteiger partial charge in [0.1, 0.15) is 0 Å². The zero-order valence-electron chi connectivity index (χ0n) is 10.5. The fourth-order valence-electron chi connectivity index (χ4n) is 1.67. The van der Waals surface area contributed by atoms with Crippen molar-refractivity contribution in [2.45, 2.75) is 9.79 Å². The van der Waals surface area contributed by atoms with Crippen LogP contribution < -0.4 is 5.73 Å². The molecule has 0 fully saturated rings. The lowest BCUT2D eigenvalue weighted by molar-refractivity contribution is 0.0684. The summed E-state index contributed by atoms with van der Waals surface area (Å²) < 4.78 is 0. The van der Waals surface area contributed by atoms with Crippen molar-refractivity contribution in [2.24, 2.45) is 0 Å². The van der Waals surface area contributed by atoms with Gasteiger partial charge in [-0.05, 0) is 24.3 Å².